The molecule has 3 aromatic carbocycles. The summed E-state index contributed by atoms with van der Waals surface area (Å²) in [7, 11) is -3.90. The molecule has 1 N–H and O–H groups in total. The molecule has 0 saturated heterocycles. The molecule has 0 aliphatic carbocycles. The van der Waals surface area contributed by atoms with Gasteiger partial charge in [-0.15, -0.1) is 0 Å². The van der Waals surface area contributed by atoms with Gasteiger partial charge in [-0.3, -0.25) is 9.10 Å². The average Bonchev–Trinajstić information content (AvgIpc) is 2.77. The molecule has 0 aromatic heterocycles. The van der Waals surface area contributed by atoms with Crippen LogP contribution >= 0.6 is 15.9 Å². The minimum absolute atomic E-state index is 0.113. The number of hydrogen-bond donors (Lipinski definition) is 1. The van der Waals surface area contributed by atoms with Gasteiger partial charge in [-0.05, 0) is 47.9 Å². The second-order valence-corrected chi connectivity index (χ2v) is 9.69. The summed E-state index contributed by atoms with van der Waals surface area (Å²) < 4.78 is 28.5. The Kier molecular flexibility index (Phi) is 7.29. The van der Waals surface area contributed by atoms with Gasteiger partial charge in [0.05, 0.1) is 10.6 Å². The van der Waals surface area contributed by atoms with Crippen LogP contribution in [0.4, 0.5) is 5.69 Å². The van der Waals surface area contributed by atoms with Gasteiger partial charge >= 0.3 is 0 Å². The zero-order valence-corrected chi connectivity index (χ0v) is 18.9. The Morgan fingerprint density at radius 2 is 1.50 bits per heavy atom. The quantitative estimate of drug-likeness (QED) is 0.507. The van der Waals surface area contributed by atoms with Crippen molar-refractivity contribution in [2.75, 3.05) is 17.4 Å². The van der Waals surface area contributed by atoms with Gasteiger partial charge in [-0.1, -0.05) is 71.4 Å². The third-order valence-corrected chi connectivity index (χ3v) is 7.02. The average molecular weight is 487 g/mol. The highest BCUT2D eigenvalue weighted by molar-refractivity contribution is 9.10. The van der Waals surface area contributed by atoms with Crippen molar-refractivity contribution in [1.29, 1.82) is 0 Å². The number of benzene rings is 3. The van der Waals surface area contributed by atoms with Crippen LogP contribution in [0.25, 0.3) is 0 Å². The van der Waals surface area contributed by atoms with Crippen molar-refractivity contribution >= 4 is 37.5 Å². The summed E-state index contributed by atoms with van der Waals surface area (Å²) in [5.74, 6) is -0.248. The SMILES string of the molecule is CC(CNC(=O)CN(c1ccc(Br)cc1)S(=O)(=O)c1ccccc1)c1ccccc1. The summed E-state index contributed by atoms with van der Waals surface area (Å²) >= 11 is 3.36. The Morgan fingerprint density at radius 3 is 2.10 bits per heavy atom. The Hall–Kier alpha value is -2.64. The predicted octanol–water partition coefficient (Wildman–Crippen LogP) is 4.56. The van der Waals surface area contributed by atoms with Crippen LogP contribution in [-0.2, 0) is 14.8 Å². The number of anilines is 1. The molecule has 0 aliphatic rings. The molecular weight excluding hydrogens is 464 g/mol. The maximum absolute atomic E-state index is 13.2. The Labute approximate surface area is 185 Å². The van der Waals surface area contributed by atoms with Crippen LogP contribution in [0.3, 0.4) is 0 Å². The van der Waals surface area contributed by atoms with Gasteiger partial charge in [0.15, 0.2) is 0 Å². The summed E-state index contributed by atoms with van der Waals surface area (Å²) in [6.07, 6.45) is 0. The minimum atomic E-state index is -3.90. The van der Waals surface area contributed by atoms with Crippen molar-refractivity contribution in [2.24, 2.45) is 0 Å². The van der Waals surface area contributed by atoms with E-state index in [-0.39, 0.29) is 23.3 Å². The van der Waals surface area contributed by atoms with Crippen LogP contribution in [-0.4, -0.2) is 27.4 Å². The third kappa shape index (κ3) is 5.49. The van der Waals surface area contributed by atoms with E-state index in [2.05, 4.69) is 21.2 Å². The molecule has 5 nitrogen and oxygen atoms in total. The smallest absolute Gasteiger partial charge is 0.264 e. The van der Waals surface area contributed by atoms with E-state index in [4.69, 9.17) is 0 Å². The molecule has 1 unspecified atom stereocenters. The van der Waals surface area contributed by atoms with Crippen molar-refractivity contribution in [2.45, 2.75) is 17.7 Å². The summed E-state index contributed by atoms with van der Waals surface area (Å²) in [6, 6.07) is 24.8. The molecule has 3 rings (SSSR count). The highest BCUT2D eigenvalue weighted by Gasteiger charge is 2.27. The topological polar surface area (TPSA) is 66.5 Å². The fourth-order valence-corrected chi connectivity index (χ4v) is 4.70. The fraction of sp³-hybridized carbons (Fsp3) is 0.174. The molecule has 1 atom stereocenters. The Morgan fingerprint density at radius 1 is 0.933 bits per heavy atom. The zero-order valence-electron chi connectivity index (χ0n) is 16.5. The van der Waals surface area contributed by atoms with Crippen LogP contribution in [0.15, 0.2) is 94.3 Å². The molecular formula is C23H23BrN2O3S. The predicted molar refractivity (Wildman–Crippen MR) is 123 cm³/mol. The maximum atomic E-state index is 13.2. The molecule has 3 aromatic rings. The van der Waals surface area contributed by atoms with E-state index in [1.54, 1.807) is 42.5 Å². The molecule has 0 spiro atoms. The molecule has 156 valence electrons. The zero-order chi connectivity index (χ0) is 21.6. The van der Waals surface area contributed by atoms with E-state index in [0.717, 1.165) is 14.3 Å². The normalized spacial score (nSPS) is 12.2. The van der Waals surface area contributed by atoms with Gasteiger partial charge in [0, 0.05) is 11.0 Å². The van der Waals surface area contributed by atoms with Crippen molar-refractivity contribution in [3.05, 3.63) is 95.0 Å². The van der Waals surface area contributed by atoms with Gasteiger partial charge < -0.3 is 5.32 Å². The van der Waals surface area contributed by atoms with Crippen LogP contribution in [0, 0.1) is 0 Å². The summed E-state index contributed by atoms with van der Waals surface area (Å²) in [4.78, 5) is 12.8. The number of nitrogens with one attached hydrogen (secondary N) is 1. The van der Waals surface area contributed by atoms with Gasteiger partial charge in [0.1, 0.15) is 6.54 Å². The van der Waals surface area contributed by atoms with Crippen LogP contribution < -0.4 is 9.62 Å². The first-order chi connectivity index (χ1) is 14.4. The molecule has 30 heavy (non-hydrogen) atoms. The summed E-state index contributed by atoms with van der Waals surface area (Å²) in [6.45, 7) is 2.13. The first-order valence-electron chi connectivity index (χ1n) is 9.53. The number of hydrogen-bond acceptors (Lipinski definition) is 3. The molecule has 0 heterocycles. The summed E-state index contributed by atoms with van der Waals surface area (Å²) in [5, 5.41) is 2.86. The minimum Gasteiger partial charge on any atom is -0.354 e. The number of amides is 1. The number of carbonyl (C=O) groups excluding carboxylic acids is 1. The van der Waals surface area contributed by atoms with E-state index < -0.39 is 10.0 Å². The van der Waals surface area contributed by atoms with Crippen molar-refractivity contribution in [1.82, 2.24) is 5.32 Å². The van der Waals surface area contributed by atoms with Gasteiger partial charge in [-0.25, -0.2) is 8.42 Å². The second kappa shape index (κ2) is 9.91. The lowest BCUT2D eigenvalue weighted by atomic mass is 10.0. The first-order valence-corrected chi connectivity index (χ1v) is 11.8. The highest BCUT2D eigenvalue weighted by Crippen LogP contribution is 2.25. The van der Waals surface area contributed by atoms with Gasteiger partial charge in [-0.2, -0.15) is 0 Å². The van der Waals surface area contributed by atoms with E-state index >= 15 is 0 Å². The number of carbonyl (C=O) groups is 1. The number of nitrogens with zero attached hydrogens (tertiary/aromatic N) is 1. The molecule has 0 bridgehead atoms. The van der Waals surface area contributed by atoms with Gasteiger partial charge in [0.25, 0.3) is 10.0 Å². The largest absolute Gasteiger partial charge is 0.354 e. The number of rotatable bonds is 8. The van der Waals surface area contributed by atoms with Crippen LogP contribution in [0.1, 0.15) is 18.4 Å². The maximum Gasteiger partial charge on any atom is 0.264 e. The molecule has 7 heteroatoms. The molecule has 1 amide bonds. The van der Waals surface area contributed by atoms with E-state index in [9.17, 15) is 13.2 Å². The third-order valence-electron chi connectivity index (χ3n) is 4.71. The standard InChI is InChI=1S/C23H23BrN2O3S/c1-18(19-8-4-2-5-9-19)16-25-23(27)17-26(21-14-12-20(24)13-15-21)30(28,29)22-10-6-3-7-11-22/h2-15,18H,16-17H2,1H3,(H,25,27). The van der Waals surface area contributed by atoms with Crippen molar-refractivity contribution in [3.8, 4) is 0 Å². The lowest BCUT2D eigenvalue weighted by Crippen LogP contribution is -2.41. The van der Waals surface area contributed by atoms with Crippen LogP contribution in [0.2, 0.25) is 0 Å². The molecule has 0 fully saturated rings. The monoisotopic (exact) mass is 486 g/mol. The first kappa shape index (κ1) is 22.1. The molecule has 0 aliphatic heterocycles. The van der Waals surface area contributed by atoms with Gasteiger partial charge in [0.2, 0.25) is 5.91 Å². The van der Waals surface area contributed by atoms with E-state index in [1.165, 1.54) is 12.1 Å². The lowest BCUT2D eigenvalue weighted by molar-refractivity contribution is -0.119. The molecule has 0 saturated carbocycles. The van der Waals surface area contributed by atoms with Crippen LogP contribution in [0.5, 0.6) is 0 Å². The summed E-state index contributed by atoms with van der Waals surface area (Å²) in [5.41, 5.74) is 1.53. The van der Waals surface area contributed by atoms with E-state index in [1.807, 2.05) is 37.3 Å². The Bertz CT molecular complexity index is 1070. The van der Waals surface area contributed by atoms with Crippen molar-refractivity contribution in [3.63, 3.8) is 0 Å². The second-order valence-electron chi connectivity index (χ2n) is 6.92. The van der Waals surface area contributed by atoms with Crippen molar-refractivity contribution < 1.29 is 13.2 Å². The molecule has 0 radical (unpaired) electrons. The fourth-order valence-electron chi connectivity index (χ4n) is 2.99. The Balaban J connectivity index is 1.79. The highest BCUT2D eigenvalue weighted by atomic mass is 79.9. The van der Waals surface area contributed by atoms with E-state index in [0.29, 0.717) is 12.2 Å². The lowest BCUT2D eigenvalue weighted by Gasteiger charge is -2.24. The number of sulfonamides is 1. The number of halogens is 1.